The average molecular weight is 451 g/mol. The molecule has 0 aromatic heterocycles. The standard InChI is InChI=1S/C20H23F6N3O2/c1-27-4-3-16(11-27)28(2)18(31)13-7-17(30)29(10-13)9-12-5-14(19(21,22)23)8-15(6-12)20(24,25)26/h5-6,8,13,16H,3-4,7,9-11H2,1-2H3/t13-,16+/m1/s1. The monoisotopic (exact) mass is 451 g/mol. The Hall–Kier alpha value is -2.30. The van der Waals surface area contributed by atoms with Gasteiger partial charge in [0.05, 0.1) is 17.0 Å². The Morgan fingerprint density at radius 3 is 2.13 bits per heavy atom. The second-order valence-corrected chi connectivity index (χ2v) is 8.24. The summed E-state index contributed by atoms with van der Waals surface area (Å²) in [6.45, 7) is 1.08. The summed E-state index contributed by atoms with van der Waals surface area (Å²) in [6.07, 6.45) is -9.23. The lowest BCUT2D eigenvalue weighted by Crippen LogP contribution is -2.42. The molecule has 0 radical (unpaired) electrons. The first-order valence-corrected chi connectivity index (χ1v) is 9.77. The zero-order valence-corrected chi connectivity index (χ0v) is 17.1. The van der Waals surface area contributed by atoms with Gasteiger partial charge in [0.15, 0.2) is 0 Å². The van der Waals surface area contributed by atoms with Crippen LogP contribution in [0.4, 0.5) is 26.3 Å². The van der Waals surface area contributed by atoms with Crippen LogP contribution in [0.2, 0.25) is 0 Å². The molecule has 1 aromatic carbocycles. The van der Waals surface area contributed by atoms with Crippen LogP contribution in [0.15, 0.2) is 18.2 Å². The van der Waals surface area contributed by atoms with E-state index in [1.165, 1.54) is 0 Å². The third-order valence-electron chi connectivity index (χ3n) is 5.85. The normalized spacial score (nSPS) is 23.0. The Balaban J connectivity index is 1.74. The third-order valence-corrected chi connectivity index (χ3v) is 5.85. The van der Waals surface area contributed by atoms with Crippen LogP contribution < -0.4 is 0 Å². The van der Waals surface area contributed by atoms with Gasteiger partial charge in [-0.1, -0.05) is 0 Å². The summed E-state index contributed by atoms with van der Waals surface area (Å²) < 4.78 is 78.3. The number of hydrogen-bond acceptors (Lipinski definition) is 3. The fourth-order valence-corrected chi connectivity index (χ4v) is 4.12. The number of carbonyl (C=O) groups excluding carboxylic acids is 2. The molecule has 0 bridgehead atoms. The summed E-state index contributed by atoms with van der Waals surface area (Å²) in [4.78, 5) is 30.0. The highest BCUT2D eigenvalue weighted by atomic mass is 19.4. The molecule has 2 heterocycles. The van der Waals surface area contributed by atoms with Gasteiger partial charge in [-0.05, 0) is 43.8 Å². The fourth-order valence-electron chi connectivity index (χ4n) is 4.12. The molecular weight excluding hydrogens is 428 g/mol. The highest BCUT2D eigenvalue weighted by molar-refractivity contribution is 5.89. The molecule has 2 amide bonds. The molecule has 5 nitrogen and oxygen atoms in total. The number of amides is 2. The van der Waals surface area contributed by atoms with E-state index in [1.54, 1.807) is 11.9 Å². The van der Waals surface area contributed by atoms with E-state index in [4.69, 9.17) is 0 Å². The van der Waals surface area contributed by atoms with Crippen LogP contribution in [0.1, 0.15) is 29.5 Å². The molecule has 11 heteroatoms. The summed E-state index contributed by atoms with van der Waals surface area (Å²) in [7, 11) is 3.59. The van der Waals surface area contributed by atoms with Crippen LogP contribution in [0.25, 0.3) is 0 Å². The van der Waals surface area contributed by atoms with Gasteiger partial charge < -0.3 is 14.7 Å². The molecule has 0 aliphatic carbocycles. The summed E-state index contributed by atoms with van der Waals surface area (Å²) in [5.41, 5.74) is -3.14. The van der Waals surface area contributed by atoms with E-state index < -0.39 is 41.8 Å². The molecule has 3 rings (SSSR count). The first kappa shape index (κ1) is 23.4. The molecule has 172 valence electrons. The van der Waals surface area contributed by atoms with Gasteiger partial charge in [0.2, 0.25) is 11.8 Å². The van der Waals surface area contributed by atoms with E-state index in [9.17, 15) is 35.9 Å². The van der Waals surface area contributed by atoms with Gasteiger partial charge >= 0.3 is 12.4 Å². The van der Waals surface area contributed by atoms with Gasteiger partial charge in [0.25, 0.3) is 0 Å². The molecule has 2 aliphatic heterocycles. The maximum atomic E-state index is 13.1. The van der Waals surface area contributed by atoms with Crippen LogP contribution >= 0.6 is 0 Å². The maximum absolute atomic E-state index is 13.1. The molecule has 1 aromatic rings. The van der Waals surface area contributed by atoms with E-state index in [-0.39, 0.29) is 36.5 Å². The average Bonchev–Trinajstić information content (AvgIpc) is 3.25. The Bertz CT molecular complexity index is 822. The summed E-state index contributed by atoms with van der Waals surface area (Å²) in [6, 6.07) is 1.28. The number of likely N-dealkylation sites (N-methyl/N-ethyl adjacent to an activating group) is 2. The molecule has 0 unspecified atom stereocenters. The van der Waals surface area contributed by atoms with Crippen LogP contribution in [0.5, 0.6) is 0 Å². The van der Waals surface area contributed by atoms with Gasteiger partial charge in [-0.3, -0.25) is 9.59 Å². The van der Waals surface area contributed by atoms with E-state index in [0.29, 0.717) is 18.7 Å². The minimum atomic E-state index is -4.96. The second kappa shape index (κ2) is 8.33. The number of halogens is 6. The SMILES string of the molecule is CN1CC[C@H](N(C)C(=O)[C@@H]2CC(=O)N(Cc3cc(C(F)(F)F)cc(C(F)(F)F)c3)C2)C1. The lowest BCUT2D eigenvalue weighted by atomic mass is 10.0. The van der Waals surface area contributed by atoms with Crippen molar-refractivity contribution < 1.29 is 35.9 Å². The summed E-state index contributed by atoms with van der Waals surface area (Å²) >= 11 is 0. The molecular formula is C20H23F6N3O2. The first-order valence-electron chi connectivity index (χ1n) is 9.77. The first-order chi connectivity index (χ1) is 14.3. The Morgan fingerprint density at radius 1 is 1.06 bits per heavy atom. The predicted molar refractivity (Wildman–Crippen MR) is 98.6 cm³/mol. The Kier molecular flexibility index (Phi) is 6.28. The van der Waals surface area contributed by atoms with E-state index in [1.807, 2.05) is 7.05 Å². The number of nitrogens with zero attached hydrogens (tertiary/aromatic N) is 3. The van der Waals surface area contributed by atoms with Crippen LogP contribution in [0.3, 0.4) is 0 Å². The number of hydrogen-bond donors (Lipinski definition) is 0. The predicted octanol–water partition coefficient (Wildman–Crippen LogP) is 3.24. The maximum Gasteiger partial charge on any atom is 0.416 e. The summed E-state index contributed by atoms with van der Waals surface area (Å²) in [5, 5.41) is 0. The van der Waals surface area contributed by atoms with Gasteiger partial charge in [-0.25, -0.2) is 0 Å². The number of likely N-dealkylation sites (tertiary alicyclic amines) is 2. The highest BCUT2D eigenvalue weighted by Crippen LogP contribution is 2.37. The minimum absolute atomic E-state index is 0.0134. The molecule has 2 atom stereocenters. The van der Waals surface area contributed by atoms with E-state index in [0.717, 1.165) is 17.9 Å². The van der Waals surface area contributed by atoms with Crippen molar-refractivity contribution in [2.45, 2.75) is 37.8 Å². The van der Waals surface area contributed by atoms with Crippen molar-refractivity contribution in [3.63, 3.8) is 0 Å². The van der Waals surface area contributed by atoms with Crippen LogP contribution in [-0.4, -0.2) is 66.3 Å². The molecule has 0 N–H and O–H groups in total. The molecule has 2 saturated heterocycles. The molecule has 0 saturated carbocycles. The number of benzene rings is 1. The number of carbonyl (C=O) groups is 2. The quantitative estimate of drug-likeness (QED) is 0.661. The van der Waals surface area contributed by atoms with Gasteiger partial charge in [-0.15, -0.1) is 0 Å². The number of rotatable bonds is 4. The van der Waals surface area contributed by atoms with E-state index in [2.05, 4.69) is 4.90 Å². The smallest absolute Gasteiger partial charge is 0.341 e. The highest BCUT2D eigenvalue weighted by Gasteiger charge is 2.40. The van der Waals surface area contributed by atoms with Crippen molar-refractivity contribution in [3.05, 3.63) is 34.9 Å². The Labute approximate surface area is 175 Å². The zero-order chi connectivity index (χ0) is 23.1. The van der Waals surface area contributed by atoms with E-state index >= 15 is 0 Å². The topological polar surface area (TPSA) is 43.9 Å². The molecule has 0 spiro atoms. The van der Waals surface area contributed by atoms with Gasteiger partial charge in [-0.2, -0.15) is 26.3 Å². The summed E-state index contributed by atoms with van der Waals surface area (Å²) in [5.74, 6) is -1.38. The molecule has 2 aliphatic rings. The molecule has 31 heavy (non-hydrogen) atoms. The lowest BCUT2D eigenvalue weighted by molar-refractivity contribution is -0.143. The lowest BCUT2D eigenvalue weighted by Gasteiger charge is -2.27. The van der Waals surface area contributed by atoms with Crippen molar-refractivity contribution in [1.29, 1.82) is 0 Å². The van der Waals surface area contributed by atoms with Crippen molar-refractivity contribution in [2.75, 3.05) is 33.7 Å². The minimum Gasteiger partial charge on any atom is -0.341 e. The van der Waals surface area contributed by atoms with Gasteiger partial charge in [0, 0.05) is 39.1 Å². The largest absolute Gasteiger partial charge is 0.416 e. The second-order valence-electron chi connectivity index (χ2n) is 8.24. The third kappa shape index (κ3) is 5.31. The van der Waals surface area contributed by atoms with Crippen molar-refractivity contribution in [3.8, 4) is 0 Å². The Morgan fingerprint density at radius 2 is 1.65 bits per heavy atom. The van der Waals surface area contributed by atoms with Crippen LogP contribution in [0, 0.1) is 5.92 Å². The molecule has 2 fully saturated rings. The number of alkyl halides is 6. The van der Waals surface area contributed by atoms with Gasteiger partial charge in [0.1, 0.15) is 0 Å². The zero-order valence-electron chi connectivity index (χ0n) is 17.1. The van der Waals surface area contributed by atoms with Crippen LogP contribution in [-0.2, 0) is 28.5 Å². The van der Waals surface area contributed by atoms with Crippen molar-refractivity contribution >= 4 is 11.8 Å². The van der Waals surface area contributed by atoms with Crippen molar-refractivity contribution in [2.24, 2.45) is 5.92 Å². The fraction of sp³-hybridized carbons (Fsp3) is 0.600. The van der Waals surface area contributed by atoms with Crippen molar-refractivity contribution in [1.82, 2.24) is 14.7 Å².